The molecule has 0 radical (unpaired) electrons. The van der Waals surface area contributed by atoms with Crippen LogP contribution in [0, 0.1) is 6.92 Å². The van der Waals surface area contributed by atoms with E-state index in [0.29, 0.717) is 16.8 Å². The summed E-state index contributed by atoms with van der Waals surface area (Å²) in [7, 11) is 0. The van der Waals surface area contributed by atoms with Gasteiger partial charge in [-0.05, 0) is 31.5 Å². The molecule has 0 aromatic heterocycles. The molecule has 0 unspecified atom stereocenters. The monoisotopic (exact) mass is 238 g/mol. The summed E-state index contributed by atoms with van der Waals surface area (Å²) in [6.45, 7) is 2.64. The maximum absolute atomic E-state index is 12.0. The number of aliphatic hydroxyl groups excluding tert-OH is 2. The molecule has 17 heavy (non-hydrogen) atoms. The number of carbonyl (C=O) groups is 1. The molecule has 1 rings (SSSR count). The van der Waals surface area contributed by atoms with E-state index in [1.165, 1.54) is 0 Å². The predicted molar refractivity (Wildman–Crippen MR) is 65.6 cm³/mol. The van der Waals surface area contributed by atoms with Crippen LogP contribution in [-0.4, -0.2) is 34.9 Å². The maximum Gasteiger partial charge on any atom is 0.252 e. The van der Waals surface area contributed by atoms with Gasteiger partial charge in [0.2, 0.25) is 0 Å². The average Bonchev–Trinajstić information content (AvgIpc) is 2.32. The van der Waals surface area contributed by atoms with Gasteiger partial charge in [0.15, 0.2) is 0 Å². The molecule has 0 spiro atoms. The first-order valence-electron chi connectivity index (χ1n) is 5.33. The molecule has 5 N–H and O–H groups in total. The minimum Gasteiger partial charge on any atom is -0.398 e. The van der Waals surface area contributed by atoms with E-state index in [4.69, 9.17) is 15.9 Å². The molecule has 0 bridgehead atoms. The largest absolute Gasteiger partial charge is 0.398 e. The van der Waals surface area contributed by atoms with Gasteiger partial charge in [-0.1, -0.05) is 6.07 Å². The topological polar surface area (TPSA) is 95.6 Å². The molecule has 94 valence electrons. The van der Waals surface area contributed by atoms with E-state index >= 15 is 0 Å². The van der Waals surface area contributed by atoms with E-state index < -0.39 is 5.54 Å². The highest BCUT2D eigenvalue weighted by Gasteiger charge is 2.25. The van der Waals surface area contributed by atoms with Gasteiger partial charge in [0.25, 0.3) is 5.91 Å². The van der Waals surface area contributed by atoms with Crippen LogP contribution in [0.15, 0.2) is 18.2 Å². The standard InChI is InChI=1S/C12H18N2O3/c1-8-9(4-3-5-10(8)13)11(17)14-12(2,6-15)7-16/h3-5,15-16H,6-7,13H2,1-2H3,(H,14,17). The van der Waals surface area contributed by atoms with E-state index in [2.05, 4.69) is 5.32 Å². The number of rotatable bonds is 4. The molecular weight excluding hydrogens is 220 g/mol. The number of benzene rings is 1. The van der Waals surface area contributed by atoms with Gasteiger partial charge in [0, 0.05) is 11.3 Å². The van der Waals surface area contributed by atoms with Crippen LogP contribution in [0.3, 0.4) is 0 Å². The highest BCUT2D eigenvalue weighted by Crippen LogP contribution is 2.16. The van der Waals surface area contributed by atoms with Crippen molar-refractivity contribution in [3.63, 3.8) is 0 Å². The zero-order valence-corrected chi connectivity index (χ0v) is 10.0. The molecule has 0 aliphatic carbocycles. The molecule has 0 aliphatic heterocycles. The summed E-state index contributed by atoms with van der Waals surface area (Å²) in [6, 6.07) is 5.05. The van der Waals surface area contributed by atoms with Crippen molar-refractivity contribution in [2.24, 2.45) is 0 Å². The molecule has 5 heteroatoms. The Morgan fingerprint density at radius 2 is 2.00 bits per heavy atom. The molecule has 0 heterocycles. The van der Waals surface area contributed by atoms with E-state index in [1.54, 1.807) is 32.0 Å². The SMILES string of the molecule is Cc1c(N)cccc1C(=O)NC(C)(CO)CO. The van der Waals surface area contributed by atoms with Crippen molar-refractivity contribution in [1.29, 1.82) is 0 Å². The summed E-state index contributed by atoms with van der Waals surface area (Å²) in [6.07, 6.45) is 0. The molecule has 0 fully saturated rings. The Morgan fingerprint density at radius 3 is 2.53 bits per heavy atom. The number of nitrogen functional groups attached to an aromatic ring is 1. The number of amides is 1. The fourth-order valence-electron chi connectivity index (χ4n) is 1.37. The zero-order chi connectivity index (χ0) is 13.1. The molecule has 1 aromatic carbocycles. The number of nitrogens with one attached hydrogen (secondary N) is 1. The zero-order valence-electron chi connectivity index (χ0n) is 10.0. The molecule has 0 aliphatic rings. The second kappa shape index (κ2) is 5.16. The Bertz CT molecular complexity index is 414. The third-order valence-electron chi connectivity index (χ3n) is 2.73. The second-order valence-electron chi connectivity index (χ2n) is 4.35. The van der Waals surface area contributed by atoms with Crippen LogP contribution in [0.1, 0.15) is 22.8 Å². The number of hydrogen-bond acceptors (Lipinski definition) is 4. The molecular formula is C12H18N2O3. The number of hydrogen-bond donors (Lipinski definition) is 4. The number of carbonyl (C=O) groups excluding carboxylic acids is 1. The smallest absolute Gasteiger partial charge is 0.252 e. The highest BCUT2D eigenvalue weighted by atomic mass is 16.3. The lowest BCUT2D eigenvalue weighted by molar-refractivity contribution is 0.0723. The van der Waals surface area contributed by atoms with Crippen LogP contribution < -0.4 is 11.1 Å². The van der Waals surface area contributed by atoms with Crippen LogP contribution in [0.4, 0.5) is 5.69 Å². The Morgan fingerprint density at radius 1 is 1.41 bits per heavy atom. The minimum absolute atomic E-state index is 0.337. The normalized spacial score (nSPS) is 11.3. The summed E-state index contributed by atoms with van der Waals surface area (Å²) in [5, 5.41) is 20.8. The molecule has 0 atom stereocenters. The van der Waals surface area contributed by atoms with E-state index in [-0.39, 0.29) is 19.1 Å². The lowest BCUT2D eigenvalue weighted by atomic mass is 10.0. The van der Waals surface area contributed by atoms with Crippen molar-refractivity contribution in [3.05, 3.63) is 29.3 Å². The number of anilines is 1. The Balaban J connectivity index is 2.94. The van der Waals surface area contributed by atoms with Crippen molar-refractivity contribution in [1.82, 2.24) is 5.32 Å². The van der Waals surface area contributed by atoms with Crippen LogP contribution in [0.2, 0.25) is 0 Å². The summed E-state index contributed by atoms with van der Waals surface area (Å²) < 4.78 is 0. The second-order valence-corrected chi connectivity index (χ2v) is 4.35. The maximum atomic E-state index is 12.0. The lowest BCUT2D eigenvalue weighted by Gasteiger charge is -2.26. The molecule has 1 amide bonds. The van der Waals surface area contributed by atoms with E-state index in [1.807, 2.05) is 0 Å². The molecule has 0 saturated carbocycles. The Kier molecular flexibility index (Phi) is 4.09. The molecule has 0 saturated heterocycles. The van der Waals surface area contributed by atoms with Gasteiger partial charge in [-0.25, -0.2) is 0 Å². The van der Waals surface area contributed by atoms with E-state index in [0.717, 1.165) is 0 Å². The van der Waals surface area contributed by atoms with Crippen LogP contribution in [-0.2, 0) is 0 Å². The first-order chi connectivity index (χ1) is 7.93. The Hall–Kier alpha value is -1.59. The van der Waals surface area contributed by atoms with Crippen molar-refractivity contribution in [2.75, 3.05) is 18.9 Å². The van der Waals surface area contributed by atoms with Gasteiger partial charge in [-0.3, -0.25) is 4.79 Å². The minimum atomic E-state index is -1.03. The molecule has 1 aromatic rings. The van der Waals surface area contributed by atoms with Gasteiger partial charge in [-0.15, -0.1) is 0 Å². The number of aliphatic hydroxyl groups is 2. The van der Waals surface area contributed by atoms with Gasteiger partial charge >= 0.3 is 0 Å². The van der Waals surface area contributed by atoms with Crippen molar-refractivity contribution in [2.45, 2.75) is 19.4 Å². The van der Waals surface area contributed by atoms with Crippen molar-refractivity contribution >= 4 is 11.6 Å². The first-order valence-corrected chi connectivity index (χ1v) is 5.33. The summed E-state index contributed by atoms with van der Waals surface area (Å²) >= 11 is 0. The summed E-state index contributed by atoms with van der Waals surface area (Å²) in [4.78, 5) is 12.0. The van der Waals surface area contributed by atoms with Crippen molar-refractivity contribution in [3.8, 4) is 0 Å². The number of nitrogens with two attached hydrogens (primary N) is 1. The first kappa shape index (κ1) is 13.5. The van der Waals surface area contributed by atoms with Gasteiger partial charge in [-0.2, -0.15) is 0 Å². The summed E-state index contributed by atoms with van der Waals surface area (Å²) in [5.74, 6) is -0.361. The van der Waals surface area contributed by atoms with Gasteiger partial charge in [0.1, 0.15) is 0 Å². The third kappa shape index (κ3) is 2.95. The summed E-state index contributed by atoms with van der Waals surface area (Å²) in [5.41, 5.74) is 6.34. The van der Waals surface area contributed by atoms with E-state index in [9.17, 15) is 4.79 Å². The Labute approximate surface area is 100 Å². The quantitative estimate of drug-likeness (QED) is 0.557. The van der Waals surface area contributed by atoms with Crippen LogP contribution in [0.5, 0.6) is 0 Å². The molecule has 5 nitrogen and oxygen atoms in total. The van der Waals surface area contributed by atoms with Crippen LogP contribution >= 0.6 is 0 Å². The van der Waals surface area contributed by atoms with Crippen molar-refractivity contribution < 1.29 is 15.0 Å². The predicted octanol–water partition coefficient (Wildman–Crippen LogP) is 0.0503. The fourth-order valence-corrected chi connectivity index (χ4v) is 1.37. The average molecular weight is 238 g/mol. The van der Waals surface area contributed by atoms with Gasteiger partial charge in [0.05, 0.1) is 18.8 Å². The van der Waals surface area contributed by atoms with Crippen LogP contribution in [0.25, 0.3) is 0 Å². The van der Waals surface area contributed by atoms with Gasteiger partial charge < -0.3 is 21.3 Å². The lowest BCUT2D eigenvalue weighted by Crippen LogP contribution is -2.51. The third-order valence-corrected chi connectivity index (χ3v) is 2.73. The highest BCUT2D eigenvalue weighted by molar-refractivity contribution is 5.97. The fraction of sp³-hybridized carbons (Fsp3) is 0.417.